The van der Waals surface area contributed by atoms with E-state index in [1.165, 1.54) is 7.11 Å². The molecule has 6 nitrogen and oxygen atoms in total. The van der Waals surface area contributed by atoms with Gasteiger partial charge in [-0.3, -0.25) is 9.78 Å². The van der Waals surface area contributed by atoms with E-state index in [4.69, 9.17) is 4.74 Å². The van der Waals surface area contributed by atoms with E-state index in [-0.39, 0.29) is 5.78 Å². The number of Topliss-reactive ketones (excluding diaryl/α,β-unsaturated/α-hetero) is 1. The molecule has 4 rings (SSSR count). The minimum atomic E-state index is 0.219. The molecule has 3 aromatic heterocycles. The number of methoxy groups -OCH3 is 1. The summed E-state index contributed by atoms with van der Waals surface area (Å²) < 4.78 is 5.13. The summed E-state index contributed by atoms with van der Waals surface area (Å²) >= 11 is 0. The summed E-state index contributed by atoms with van der Waals surface area (Å²) in [5.41, 5.74) is 6.11. The lowest BCUT2D eigenvalue weighted by molar-refractivity contribution is 0.0972. The summed E-state index contributed by atoms with van der Waals surface area (Å²) in [6.07, 6.45) is 5.81. The van der Waals surface area contributed by atoms with Crippen LogP contribution in [0.4, 0.5) is 0 Å². The van der Waals surface area contributed by atoms with Crippen LogP contribution in [-0.2, 0) is 6.42 Å². The Balaban J connectivity index is 1.98. The molecule has 1 aliphatic rings. The SMILES string of the molecule is COc1ncc2nccc(-c3[nH]c4c(c3C)C(=O)CCC4)c2n1. The summed E-state index contributed by atoms with van der Waals surface area (Å²) in [5, 5.41) is 0. The maximum Gasteiger partial charge on any atom is 0.316 e. The van der Waals surface area contributed by atoms with Crippen LogP contribution < -0.4 is 4.74 Å². The molecule has 1 aliphatic carbocycles. The second kappa shape index (κ2) is 5.15. The number of carbonyl (C=O) groups is 1. The van der Waals surface area contributed by atoms with Crippen LogP contribution >= 0.6 is 0 Å². The van der Waals surface area contributed by atoms with Crippen molar-refractivity contribution in [3.05, 3.63) is 35.3 Å². The minimum Gasteiger partial charge on any atom is -0.467 e. The number of pyridine rings is 1. The van der Waals surface area contributed by atoms with E-state index in [0.29, 0.717) is 23.5 Å². The monoisotopic (exact) mass is 308 g/mol. The van der Waals surface area contributed by atoms with Crippen LogP contribution in [0.2, 0.25) is 0 Å². The smallest absolute Gasteiger partial charge is 0.316 e. The zero-order valence-electron chi connectivity index (χ0n) is 13.0. The van der Waals surface area contributed by atoms with Crippen LogP contribution in [0.5, 0.6) is 6.01 Å². The quantitative estimate of drug-likeness (QED) is 0.787. The molecule has 0 bridgehead atoms. The van der Waals surface area contributed by atoms with Gasteiger partial charge in [0.2, 0.25) is 0 Å². The first kappa shape index (κ1) is 13.9. The predicted molar refractivity (Wildman–Crippen MR) is 85.7 cm³/mol. The second-order valence-electron chi connectivity index (χ2n) is 5.70. The molecule has 0 saturated heterocycles. The Morgan fingerprint density at radius 3 is 2.91 bits per heavy atom. The molecular weight excluding hydrogens is 292 g/mol. The highest BCUT2D eigenvalue weighted by molar-refractivity contribution is 6.02. The summed E-state index contributed by atoms with van der Waals surface area (Å²) in [6.45, 7) is 1.98. The number of hydrogen-bond acceptors (Lipinski definition) is 5. The first-order valence-electron chi connectivity index (χ1n) is 7.60. The first-order valence-corrected chi connectivity index (χ1v) is 7.60. The Hall–Kier alpha value is -2.76. The zero-order chi connectivity index (χ0) is 16.0. The third-order valence-electron chi connectivity index (χ3n) is 4.35. The van der Waals surface area contributed by atoms with Crippen molar-refractivity contribution < 1.29 is 9.53 Å². The van der Waals surface area contributed by atoms with Crippen molar-refractivity contribution in [3.63, 3.8) is 0 Å². The highest BCUT2D eigenvalue weighted by atomic mass is 16.5. The van der Waals surface area contributed by atoms with Crippen molar-refractivity contribution in [1.82, 2.24) is 19.9 Å². The summed E-state index contributed by atoms with van der Waals surface area (Å²) in [6, 6.07) is 2.21. The lowest BCUT2D eigenvalue weighted by atomic mass is 9.93. The topological polar surface area (TPSA) is 80.8 Å². The Labute approximate surface area is 132 Å². The Kier molecular flexibility index (Phi) is 3.11. The van der Waals surface area contributed by atoms with Crippen LogP contribution in [0.3, 0.4) is 0 Å². The van der Waals surface area contributed by atoms with Crippen molar-refractivity contribution in [2.75, 3.05) is 7.11 Å². The molecule has 0 aliphatic heterocycles. The number of H-pyrrole nitrogens is 1. The standard InChI is InChI=1S/C17H16N4O2/c1-9-14-11(4-3-5-13(14)22)20-15(9)10-6-7-18-12-8-19-17(23-2)21-16(10)12/h6-8,20H,3-5H2,1-2H3. The number of aromatic nitrogens is 4. The van der Waals surface area contributed by atoms with E-state index >= 15 is 0 Å². The zero-order valence-corrected chi connectivity index (χ0v) is 13.0. The summed E-state index contributed by atoms with van der Waals surface area (Å²) in [4.78, 5) is 28.5. The van der Waals surface area contributed by atoms with E-state index < -0.39 is 0 Å². The molecule has 0 radical (unpaired) electrons. The van der Waals surface area contributed by atoms with Crippen LogP contribution in [0.25, 0.3) is 22.3 Å². The predicted octanol–water partition coefficient (Wildman–Crippen LogP) is 2.86. The molecule has 116 valence electrons. The van der Waals surface area contributed by atoms with E-state index in [0.717, 1.165) is 40.9 Å². The lowest BCUT2D eigenvalue weighted by Crippen LogP contribution is -2.09. The van der Waals surface area contributed by atoms with Crippen molar-refractivity contribution in [1.29, 1.82) is 0 Å². The maximum absolute atomic E-state index is 12.2. The van der Waals surface area contributed by atoms with E-state index in [1.54, 1.807) is 12.4 Å². The van der Waals surface area contributed by atoms with Gasteiger partial charge >= 0.3 is 6.01 Å². The molecule has 0 aromatic carbocycles. The maximum atomic E-state index is 12.2. The molecule has 0 atom stereocenters. The van der Waals surface area contributed by atoms with Gasteiger partial charge in [0.15, 0.2) is 5.78 Å². The molecule has 23 heavy (non-hydrogen) atoms. The first-order chi connectivity index (χ1) is 11.2. The Morgan fingerprint density at radius 1 is 1.26 bits per heavy atom. The van der Waals surface area contributed by atoms with Gasteiger partial charge in [-0.25, -0.2) is 4.98 Å². The highest BCUT2D eigenvalue weighted by Gasteiger charge is 2.25. The number of nitrogens with one attached hydrogen (secondary N) is 1. The minimum absolute atomic E-state index is 0.219. The number of fused-ring (bicyclic) bond motifs is 2. The van der Waals surface area contributed by atoms with Crippen molar-refractivity contribution in [2.24, 2.45) is 0 Å². The largest absolute Gasteiger partial charge is 0.467 e. The van der Waals surface area contributed by atoms with Crippen molar-refractivity contribution in [3.8, 4) is 17.3 Å². The molecular formula is C17H16N4O2. The molecule has 0 saturated carbocycles. The lowest BCUT2D eigenvalue weighted by Gasteiger charge is -2.09. The third-order valence-corrected chi connectivity index (χ3v) is 4.35. The number of rotatable bonds is 2. The molecule has 3 aromatic rings. The van der Waals surface area contributed by atoms with Crippen LogP contribution in [0.1, 0.15) is 34.5 Å². The highest BCUT2D eigenvalue weighted by Crippen LogP contribution is 2.34. The summed E-state index contributed by atoms with van der Waals surface area (Å²) in [5.74, 6) is 0.219. The van der Waals surface area contributed by atoms with Gasteiger partial charge in [-0.2, -0.15) is 4.98 Å². The fourth-order valence-corrected chi connectivity index (χ4v) is 3.27. The van der Waals surface area contributed by atoms with Crippen LogP contribution in [0.15, 0.2) is 18.5 Å². The van der Waals surface area contributed by atoms with E-state index in [2.05, 4.69) is 19.9 Å². The van der Waals surface area contributed by atoms with Crippen LogP contribution in [-0.4, -0.2) is 32.8 Å². The molecule has 3 heterocycles. The fraction of sp³-hybridized carbons (Fsp3) is 0.294. The van der Waals surface area contributed by atoms with Gasteiger partial charge in [-0.05, 0) is 31.4 Å². The fourth-order valence-electron chi connectivity index (χ4n) is 3.27. The Morgan fingerprint density at radius 2 is 2.13 bits per heavy atom. The van der Waals surface area contributed by atoms with Gasteiger partial charge in [-0.15, -0.1) is 0 Å². The number of aromatic amines is 1. The number of hydrogen-bond donors (Lipinski definition) is 1. The van der Waals surface area contributed by atoms with Gasteiger partial charge < -0.3 is 9.72 Å². The van der Waals surface area contributed by atoms with E-state index in [9.17, 15) is 4.79 Å². The summed E-state index contributed by atoms with van der Waals surface area (Å²) in [7, 11) is 1.54. The molecule has 6 heteroatoms. The van der Waals surface area contributed by atoms with Gasteiger partial charge in [0.1, 0.15) is 11.0 Å². The van der Waals surface area contributed by atoms with Gasteiger partial charge in [-0.1, -0.05) is 0 Å². The molecule has 0 spiro atoms. The number of ketones is 1. The number of carbonyl (C=O) groups excluding carboxylic acids is 1. The van der Waals surface area contributed by atoms with Gasteiger partial charge in [0.05, 0.1) is 19.0 Å². The Bertz CT molecular complexity index is 930. The van der Waals surface area contributed by atoms with Crippen molar-refractivity contribution in [2.45, 2.75) is 26.2 Å². The molecule has 0 fully saturated rings. The van der Waals surface area contributed by atoms with Crippen LogP contribution in [0, 0.1) is 6.92 Å². The number of nitrogens with zero attached hydrogens (tertiary/aromatic N) is 3. The third kappa shape index (κ3) is 2.10. The number of ether oxygens (including phenoxy) is 1. The van der Waals surface area contributed by atoms with E-state index in [1.807, 2.05) is 13.0 Å². The average Bonchev–Trinajstić information content (AvgIpc) is 2.92. The normalized spacial score (nSPS) is 14.1. The second-order valence-corrected chi connectivity index (χ2v) is 5.70. The van der Waals surface area contributed by atoms with Gasteiger partial charge in [0.25, 0.3) is 0 Å². The molecule has 0 unspecified atom stereocenters. The molecule has 0 amide bonds. The number of aryl methyl sites for hydroxylation is 1. The van der Waals surface area contributed by atoms with Gasteiger partial charge in [0, 0.05) is 29.4 Å². The molecule has 1 N–H and O–H groups in total. The average molecular weight is 308 g/mol. The van der Waals surface area contributed by atoms with Crippen molar-refractivity contribution >= 4 is 16.8 Å².